The number of ketones is 1. The fourth-order valence-corrected chi connectivity index (χ4v) is 1.16. The van der Waals surface area contributed by atoms with Crippen molar-refractivity contribution in [2.75, 3.05) is 7.11 Å². The average molecular weight is 143 g/mol. The highest BCUT2D eigenvalue weighted by molar-refractivity contribution is 5.79. The Kier molecular flexibility index (Phi) is 2.06. The third kappa shape index (κ3) is 1.55. The lowest BCUT2D eigenvalue weighted by Gasteiger charge is -2.30. The van der Waals surface area contributed by atoms with Gasteiger partial charge in [0.25, 0.3) is 0 Å². The lowest BCUT2D eigenvalue weighted by atomic mass is 9.91. The van der Waals surface area contributed by atoms with Crippen molar-refractivity contribution in [3.8, 4) is 0 Å². The molecule has 1 rings (SSSR count). The van der Waals surface area contributed by atoms with E-state index in [1.54, 1.807) is 7.11 Å². The average Bonchev–Trinajstić information content (AvgIpc) is 1.96. The molecule has 0 unspecified atom stereocenters. The molecule has 1 aliphatic carbocycles. The zero-order chi connectivity index (χ0) is 7.61. The predicted molar refractivity (Wildman–Crippen MR) is 37.4 cm³/mol. The first-order valence-electron chi connectivity index (χ1n) is 3.52. The Hall–Kier alpha value is -0.410. The van der Waals surface area contributed by atoms with Gasteiger partial charge in [-0.25, -0.2) is 0 Å². The van der Waals surface area contributed by atoms with Crippen molar-refractivity contribution in [1.29, 1.82) is 0 Å². The van der Waals surface area contributed by atoms with Gasteiger partial charge in [0.05, 0.1) is 0 Å². The molecule has 10 heavy (non-hydrogen) atoms. The van der Waals surface area contributed by atoms with E-state index >= 15 is 0 Å². The quantitative estimate of drug-likeness (QED) is 0.541. The standard InChI is InChI=1S/C7H13NO2/c1-10-7(8)4-2-6(9)3-5-7/h2-5,8H2,1H3. The summed E-state index contributed by atoms with van der Waals surface area (Å²) in [5, 5.41) is 0. The van der Waals surface area contributed by atoms with E-state index < -0.39 is 5.72 Å². The van der Waals surface area contributed by atoms with Crippen molar-refractivity contribution in [2.24, 2.45) is 5.73 Å². The Morgan fingerprint density at radius 1 is 1.50 bits per heavy atom. The smallest absolute Gasteiger partial charge is 0.133 e. The van der Waals surface area contributed by atoms with Crippen LogP contribution in [0, 0.1) is 0 Å². The molecule has 0 aromatic carbocycles. The molecule has 3 heteroatoms. The number of methoxy groups -OCH3 is 1. The van der Waals surface area contributed by atoms with Crippen LogP contribution < -0.4 is 5.73 Å². The van der Waals surface area contributed by atoms with Crippen molar-refractivity contribution < 1.29 is 9.53 Å². The van der Waals surface area contributed by atoms with E-state index in [1.807, 2.05) is 0 Å². The number of hydrogen-bond acceptors (Lipinski definition) is 3. The number of ether oxygens (including phenoxy) is 1. The molecule has 1 fully saturated rings. The topological polar surface area (TPSA) is 52.3 Å². The van der Waals surface area contributed by atoms with Gasteiger partial charge in [0.2, 0.25) is 0 Å². The van der Waals surface area contributed by atoms with Gasteiger partial charge >= 0.3 is 0 Å². The van der Waals surface area contributed by atoms with Crippen LogP contribution in [0.25, 0.3) is 0 Å². The number of nitrogens with two attached hydrogens (primary N) is 1. The van der Waals surface area contributed by atoms with Crippen LogP contribution in [0.5, 0.6) is 0 Å². The summed E-state index contributed by atoms with van der Waals surface area (Å²) in [5.41, 5.74) is 5.23. The minimum Gasteiger partial charge on any atom is -0.364 e. The lowest BCUT2D eigenvalue weighted by molar-refractivity contribution is -0.126. The van der Waals surface area contributed by atoms with Crippen LogP contribution in [0.3, 0.4) is 0 Å². The summed E-state index contributed by atoms with van der Waals surface area (Å²) in [6.45, 7) is 0. The Labute approximate surface area is 60.5 Å². The maximum atomic E-state index is 10.8. The summed E-state index contributed by atoms with van der Waals surface area (Å²) >= 11 is 0. The van der Waals surface area contributed by atoms with Crippen LogP contribution >= 0.6 is 0 Å². The van der Waals surface area contributed by atoms with Gasteiger partial charge in [-0.05, 0) is 12.8 Å². The number of carbonyl (C=O) groups is 1. The van der Waals surface area contributed by atoms with E-state index in [-0.39, 0.29) is 0 Å². The molecule has 0 heterocycles. The monoisotopic (exact) mass is 143 g/mol. The van der Waals surface area contributed by atoms with Crippen LogP contribution in [0.2, 0.25) is 0 Å². The summed E-state index contributed by atoms with van der Waals surface area (Å²) < 4.78 is 5.05. The Morgan fingerprint density at radius 3 is 2.40 bits per heavy atom. The molecule has 0 radical (unpaired) electrons. The van der Waals surface area contributed by atoms with Crippen molar-refractivity contribution in [3.05, 3.63) is 0 Å². The van der Waals surface area contributed by atoms with E-state index in [2.05, 4.69) is 0 Å². The van der Waals surface area contributed by atoms with Gasteiger partial charge in [0.1, 0.15) is 11.5 Å². The lowest BCUT2D eigenvalue weighted by Crippen LogP contribution is -2.45. The number of rotatable bonds is 1. The molecule has 1 aliphatic rings. The van der Waals surface area contributed by atoms with Crippen LogP contribution in [-0.4, -0.2) is 18.6 Å². The van der Waals surface area contributed by atoms with Crippen LogP contribution in [0.4, 0.5) is 0 Å². The Bertz CT molecular complexity index is 135. The third-order valence-corrected chi connectivity index (χ3v) is 2.06. The van der Waals surface area contributed by atoms with Gasteiger partial charge in [-0.3, -0.25) is 4.79 Å². The third-order valence-electron chi connectivity index (χ3n) is 2.06. The van der Waals surface area contributed by atoms with Gasteiger partial charge in [-0.1, -0.05) is 0 Å². The van der Waals surface area contributed by atoms with E-state index in [0.717, 1.165) is 0 Å². The molecule has 0 bridgehead atoms. The van der Waals surface area contributed by atoms with Gasteiger partial charge in [-0.2, -0.15) is 0 Å². The van der Waals surface area contributed by atoms with E-state index in [4.69, 9.17) is 10.5 Å². The zero-order valence-corrected chi connectivity index (χ0v) is 6.22. The molecule has 0 spiro atoms. The second-order valence-corrected chi connectivity index (χ2v) is 2.81. The largest absolute Gasteiger partial charge is 0.364 e. The SMILES string of the molecule is COC1(N)CCC(=O)CC1. The molecule has 0 amide bonds. The first kappa shape index (κ1) is 7.69. The van der Waals surface area contributed by atoms with Crippen LogP contribution in [0.1, 0.15) is 25.7 Å². The van der Waals surface area contributed by atoms with Crippen LogP contribution in [-0.2, 0) is 9.53 Å². The van der Waals surface area contributed by atoms with E-state index in [1.165, 1.54) is 0 Å². The van der Waals surface area contributed by atoms with Gasteiger partial charge in [0.15, 0.2) is 0 Å². The fourth-order valence-electron chi connectivity index (χ4n) is 1.16. The predicted octanol–water partition coefficient (Wildman–Crippen LogP) is 0.431. The summed E-state index contributed by atoms with van der Waals surface area (Å²) in [5.74, 6) is 0.304. The van der Waals surface area contributed by atoms with Gasteiger partial charge in [-0.15, -0.1) is 0 Å². The molecule has 0 aromatic heterocycles. The maximum absolute atomic E-state index is 10.8. The number of Topliss-reactive ketones (excluding diaryl/α,β-unsaturated/α-hetero) is 1. The van der Waals surface area contributed by atoms with Crippen LogP contribution in [0.15, 0.2) is 0 Å². The fraction of sp³-hybridized carbons (Fsp3) is 0.857. The molecule has 3 nitrogen and oxygen atoms in total. The number of carbonyl (C=O) groups excluding carboxylic acids is 1. The summed E-state index contributed by atoms with van der Waals surface area (Å²) in [6.07, 6.45) is 2.49. The first-order chi connectivity index (χ1) is 4.66. The normalized spacial score (nSPS) is 24.8. The highest BCUT2D eigenvalue weighted by atomic mass is 16.5. The minimum atomic E-state index is -0.520. The van der Waals surface area contributed by atoms with E-state index in [0.29, 0.717) is 31.5 Å². The number of hydrogen-bond donors (Lipinski definition) is 1. The van der Waals surface area contributed by atoms with Crippen molar-refractivity contribution in [3.63, 3.8) is 0 Å². The molecule has 0 aliphatic heterocycles. The molecule has 0 saturated heterocycles. The summed E-state index contributed by atoms with van der Waals surface area (Å²) in [6, 6.07) is 0. The zero-order valence-electron chi connectivity index (χ0n) is 6.22. The Balaban J connectivity index is 2.46. The summed E-state index contributed by atoms with van der Waals surface area (Å²) in [7, 11) is 1.59. The highest BCUT2D eigenvalue weighted by Gasteiger charge is 2.29. The molecule has 2 N–H and O–H groups in total. The van der Waals surface area contributed by atoms with Crippen molar-refractivity contribution >= 4 is 5.78 Å². The molecular formula is C7H13NO2. The Morgan fingerprint density at radius 2 is 2.00 bits per heavy atom. The van der Waals surface area contributed by atoms with Crippen molar-refractivity contribution in [1.82, 2.24) is 0 Å². The minimum absolute atomic E-state index is 0.304. The molecule has 0 aromatic rings. The molecule has 0 atom stereocenters. The first-order valence-corrected chi connectivity index (χ1v) is 3.52. The van der Waals surface area contributed by atoms with E-state index in [9.17, 15) is 4.79 Å². The van der Waals surface area contributed by atoms with Crippen molar-refractivity contribution in [2.45, 2.75) is 31.4 Å². The highest BCUT2D eigenvalue weighted by Crippen LogP contribution is 2.23. The summed E-state index contributed by atoms with van der Waals surface area (Å²) in [4.78, 5) is 10.8. The second-order valence-electron chi connectivity index (χ2n) is 2.81. The maximum Gasteiger partial charge on any atom is 0.133 e. The van der Waals surface area contributed by atoms with Gasteiger partial charge in [0, 0.05) is 20.0 Å². The second kappa shape index (κ2) is 2.68. The molecular weight excluding hydrogens is 130 g/mol. The van der Waals surface area contributed by atoms with Gasteiger partial charge < -0.3 is 10.5 Å². The molecule has 1 saturated carbocycles. The molecule has 58 valence electrons.